The first-order valence-electron chi connectivity index (χ1n) is 12.7. The fourth-order valence-electron chi connectivity index (χ4n) is 5.28. The molecule has 0 saturated heterocycles. The van der Waals surface area contributed by atoms with Gasteiger partial charge in [0.15, 0.2) is 0 Å². The monoisotopic (exact) mass is 470 g/mol. The van der Waals surface area contributed by atoms with Crippen LogP contribution in [0.25, 0.3) is 0 Å². The lowest BCUT2D eigenvalue weighted by Gasteiger charge is -2.42. The van der Waals surface area contributed by atoms with Crippen molar-refractivity contribution in [2.24, 2.45) is 0 Å². The molecule has 1 atom stereocenters. The Labute approximate surface area is 204 Å². The normalized spacial score (nSPS) is 13.5. The van der Waals surface area contributed by atoms with Gasteiger partial charge in [0.05, 0.1) is 16.1 Å². The van der Waals surface area contributed by atoms with Crippen molar-refractivity contribution in [2.45, 2.75) is 69.5 Å². The summed E-state index contributed by atoms with van der Waals surface area (Å²) in [4.78, 5) is 0. The van der Waals surface area contributed by atoms with Gasteiger partial charge in [-0.05, 0) is 29.1 Å². The third-order valence-corrected chi connectivity index (χ3v) is 15.6. The van der Waals surface area contributed by atoms with Crippen molar-refractivity contribution in [1.29, 1.82) is 0 Å². The summed E-state index contributed by atoms with van der Waals surface area (Å²) >= 11 is 0. The third-order valence-electron chi connectivity index (χ3n) is 7.34. The van der Waals surface area contributed by atoms with E-state index in [2.05, 4.69) is 136 Å². The fraction of sp³-hybridized carbons (Fsp3) is 0.355. The van der Waals surface area contributed by atoms with Crippen LogP contribution in [0.2, 0.25) is 37.8 Å². The summed E-state index contributed by atoms with van der Waals surface area (Å²) in [5, 5.41) is 1.58. The van der Waals surface area contributed by atoms with E-state index in [1.54, 1.807) is 5.19 Å². The molecule has 3 aromatic carbocycles. The molecule has 0 aliphatic rings. The lowest BCUT2D eigenvalue weighted by molar-refractivity contribution is 0.811. The average Bonchev–Trinajstić information content (AvgIpc) is 2.83. The molecule has 3 rings (SSSR count). The molecule has 0 unspecified atom stereocenters. The quantitative estimate of drug-likeness (QED) is 0.149. The smallest absolute Gasteiger partial charge is 0.0809 e. The van der Waals surface area contributed by atoms with Crippen molar-refractivity contribution >= 4 is 21.3 Å². The summed E-state index contributed by atoms with van der Waals surface area (Å²) in [6, 6.07) is 35.2. The van der Waals surface area contributed by atoms with Crippen molar-refractivity contribution in [2.75, 3.05) is 0 Å². The van der Waals surface area contributed by atoms with Gasteiger partial charge in [-0.3, -0.25) is 0 Å². The lowest BCUT2D eigenvalue weighted by atomic mass is 10.0. The van der Waals surface area contributed by atoms with Crippen molar-refractivity contribution in [1.82, 2.24) is 0 Å². The number of hydrogen-bond donors (Lipinski definition) is 0. The molecular formula is C31H42Si2. The van der Waals surface area contributed by atoms with Gasteiger partial charge in [0, 0.05) is 5.54 Å². The zero-order valence-corrected chi connectivity index (χ0v) is 23.3. The summed E-state index contributed by atoms with van der Waals surface area (Å²) in [6.07, 6.45) is 8.89. The molecule has 33 heavy (non-hydrogen) atoms. The zero-order chi connectivity index (χ0) is 23.7. The first kappa shape index (κ1) is 25.5. The third kappa shape index (κ3) is 6.68. The number of allylic oxidation sites excluding steroid dienone is 2. The SMILES string of the molecule is CCCC/C=C/[C@@H](C[Si](C)(C)c1ccccc1)[Si](C)(C)C(c1ccccc1)c1ccccc1. The van der Waals surface area contributed by atoms with Crippen LogP contribution in [0.3, 0.4) is 0 Å². The second kappa shape index (κ2) is 11.8. The van der Waals surface area contributed by atoms with Gasteiger partial charge in [-0.25, -0.2) is 0 Å². The van der Waals surface area contributed by atoms with Crippen LogP contribution in [0, 0.1) is 0 Å². The van der Waals surface area contributed by atoms with Gasteiger partial charge in [-0.2, -0.15) is 0 Å². The lowest BCUT2D eigenvalue weighted by Crippen LogP contribution is -2.48. The van der Waals surface area contributed by atoms with E-state index in [1.807, 2.05) is 0 Å². The summed E-state index contributed by atoms with van der Waals surface area (Å²) in [7, 11) is -3.38. The maximum atomic E-state index is 2.64. The molecule has 0 spiro atoms. The van der Waals surface area contributed by atoms with E-state index in [1.165, 1.54) is 36.4 Å². The van der Waals surface area contributed by atoms with Gasteiger partial charge in [-0.15, -0.1) is 0 Å². The van der Waals surface area contributed by atoms with Crippen molar-refractivity contribution in [3.8, 4) is 0 Å². The van der Waals surface area contributed by atoms with Gasteiger partial charge in [0.2, 0.25) is 0 Å². The summed E-state index contributed by atoms with van der Waals surface area (Å²) in [5.41, 5.74) is 4.08. The molecule has 0 aliphatic heterocycles. The van der Waals surface area contributed by atoms with Crippen LogP contribution in [-0.4, -0.2) is 16.1 Å². The van der Waals surface area contributed by atoms with E-state index >= 15 is 0 Å². The van der Waals surface area contributed by atoms with E-state index in [9.17, 15) is 0 Å². The zero-order valence-electron chi connectivity index (χ0n) is 21.3. The summed E-state index contributed by atoms with van der Waals surface area (Å²) in [6.45, 7) is 12.7. The Bertz CT molecular complexity index is 936. The van der Waals surface area contributed by atoms with E-state index in [-0.39, 0.29) is 0 Å². The van der Waals surface area contributed by atoms with Crippen LogP contribution in [0.5, 0.6) is 0 Å². The Kier molecular flexibility index (Phi) is 9.11. The minimum atomic E-state index is -1.80. The van der Waals surface area contributed by atoms with Gasteiger partial charge < -0.3 is 0 Å². The standard InChI is InChI=1S/C31H42Si2/c1-6-7-8-16-25-30(26-32(2,3)29-23-17-11-18-24-29)33(4,5)31(27-19-12-9-13-20-27)28-21-14-10-15-22-28/h9-25,30-31H,6-8,26H2,1-5H3/b25-16+/t30-/m0/s1. The molecule has 0 aromatic heterocycles. The minimum absolute atomic E-state index is 0.487. The summed E-state index contributed by atoms with van der Waals surface area (Å²) < 4.78 is 0. The van der Waals surface area contributed by atoms with Crippen LogP contribution < -0.4 is 5.19 Å². The Balaban J connectivity index is 2.04. The highest BCUT2D eigenvalue weighted by atomic mass is 28.3. The van der Waals surface area contributed by atoms with Crippen LogP contribution in [0.15, 0.2) is 103 Å². The largest absolute Gasteiger partial charge is 0.0886 e. The van der Waals surface area contributed by atoms with Crippen molar-refractivity contribution in [3.63, 3.8) is 0 Å². The molecule has 0 radical (unpaired) electrons. The maximum absolute atomic E-state index is 2.64. The first-order chi connectivity index (χ1) is 15.9. The maximum Gasteiger partial charge on any atom is 0.0809 e. The van der Waals surface area contributed by atoms with E-state index in [4.69, 9.17) is 0 Å². The molecule has 0 saturated carbocycles. The van der Waals surface area contributed by atoms with Crippen LogP contribution in [0.4, 0.5) is 0 Å². The predicted molar refractivity (Wildman–Crippen MR) is 153 cm³/mol. The molecule has 0 N–H and O–H groups in total. The Hall–Kier alpha value is -2.17. The molecule has 0 heterocycles. The molecule has 0 bridgehead atoms. The molecule has 0 nitrogen and oxygen atoms in total. The topological polar surface area (TPSA) is 0 Å². The van der Waals surface area contributed by atoms with E-state index in [0.717, 1.165) is 0 Å². The molecule has 2 heteroatoms. The van der Waals surface area contributed by atoms with Gasteiger partial charge >= 0.3 is 0 Å². The second-order valence-corrected chi connectivity index (χ2v) is 20.4. The number of hydrogen-bond acceptors (Lipinski definition) is 0. The number of benzene rings is 3. The van der Waals surface area contributed by atoms with E-state index in [0.29, 0.717) is 11.1 Å². The molecular weight excluding hydrogens is 429 g/mol. The second-order valence-electron chi connectivity index (χ2n) is 10.7. The number of unbranched alkanes of at least 4 members (excludes halogenated alkanes) is 2. The molecule has 0 amide bonds. The van der Waals surface area contributed by atoms with E-state index < -0.39 is 16.1 Å². The molecule has 0 fully saturated rings. The highest BCUT2D eigenvalue weighted by Crippen LogP contribution is 2.44. The molecule has 0 aliphatic carbocycles. The highest BCUT2D eigenvalue weighted by Gasteiger charge is 2.42. The van der Waals surface area contributed by atoms with Gasteiger partial charge in [0.25, 0.3) is 0 Å². The summed E-state index contributed by atoms with van der Waals surface area (Å²) in [5.74, 6) is 0. The minimum Gasteiger partial charge on any atom is -0.0886 e. The van der Waals surface area contributed by atoms with Gasteiger partial charge in [0.1, 0.15) is 0 Å². The molecule has 3 aromatic rings. The number of rotatable bonds is 11. The first-order valence-corrected chi connectivity index (χ1v) is 19.0. The van der Waals surface area contributed by atoms with Crippen molar-refractivity contribution in [3.05, 3.63) is 114 Å². The average molecular weight is 471 g/mol. The van der Waals surface area contributed by atoms with Crippen LogP contribution in [0.1, 0.15) is 42.9 Å². The van der Waals surface area contributed by atoms with Crippen molar-refractivity contribution < 1.29 is 0 Å². The Morgan fingerprint density at radius 1 is 0.697 bits per heavy atom. The highest BCUT2D eigenvalue weighted by molar-refractivity contribution is 6.92. The fourth-order valence-corrected chi connectivity index (χ4v) is 14.6. The Morgan fingerprint density at radius 3 is 1.67 bits per heavy atom. The molecule has 174 valence electrons. The van der Waals surface area contributed by atoms with Crippen LogP contribution in [-0.2, 0) is 0 Å². The predicted octanol–water partition coefficient (Wildman–Crippen LogP) is 8.80. The Morgan fingerprint density at radius 2 is 1.18 bits per heavy atom. The van der Waals surface area contributed by atoms with Crippen LogP contribution >= 0.6 is 0 Å². The van der Waals surface area contributed by atoms with Gasteiger partial charge in [-0.1, -0.05) is 154 Å².